The summed E-state index contributed by atoms with van der Waals surface area (Å²) in [6, 6.07) is 0. The summed E-state index contributed by atoms with van der Waals surface area (Å²) in [5, 5.41) is 0.318. The molecule has 0 N–H and O–H groups in total. The lowest BCUT2D eigenvalue weighted by Crippen LogP contribution is -2.45. The fraction of sp³-hybridized carbons (Fsp3) is 0.938. The molecule has 0 aliphatic rings. The lowest BCUT2D eigenvalue weighted by atomic mass is 10.2. The van der Waals surface area contributed by atoms with Crippen molar-refractivity contribution in [1.82, 2.24) is 0 Å². The fourth-order valence-corrected chi connectivity index (χ4v) is 3.70. The van der Waals surface area contributed by atoms with E-state index in [0.29, 0.717) is 13.0 Å². The Balaban J connectivity index is 4.53. The molecule has 0 saturated carbocycles. The first kappa shape index (κ1) is 21.0. The van der Waals surface area contributed by atoms with Gasteiger partial charge in [0.05, 0.1) is 0 Å². The van der Waals surface area contributed by atoms with Crippen LogP contribution in [0.1, 0.15) is 48.0 Å². The van der Waals surface area contributed by atoms with Crippen LogP contribution < -0.4 is 0 Å². The molecule has 0 radical (unpaired) electrons. The fourth-order valence-electron chi connectivity index (χ4n) is 1.36. The Morgan fingerprint density at radius 1 is 0.905 bits per heavy atom. The molecule has 0 spiro atoms. The van der Waals surface area contributed by atoms with Crippen LogP contribution in [0, 0.1) is 0 Å². The van der Waals surface area contributed by atoms with Crippen LogP contribution in [-0.2, 0) is 13.6 Å². The average Bonchev–Trinajstić information content (AvgIpc) is 2.24. The van der Waals surface area contributed by atoms with Gasteiger partial charge in [0.15, 0.2) is 16.6 Å². The SMILES string of the molecule is CC(C)(C)[Si](C)(C)OCC[C@@H](C=O)O[Si](C)(C)C(C)(C)C. The summed E-state index contributed by atoms with van der Waals surface area (Å²) in [5.41, 5.74) is 0. The highest BCUT2D eigenvalue weighted by Gasteiger charge is 2.40. The molecule has 0 aromatic heterocycles. The maximum Gasteiger partial charge on any atom is 0.193 e. The van der Waals surface area contributed by atoms with E-state index in [1.165, 1.54) is 0 Å². The summed E-state index contributed by atoms with van der Waals surface area (Å²) < 4.78 is 12.3. The van der Waals surface area contributed by atoms with Gasteiger partial charge in [0.25, 0.3) is 0 Å². The van der Waals surface area contributed by atoms with E-state index in [1.807, 2.05) is 0 Å². The van der Waals surface area contributed by atoms with Crippen molar-refractivity contribution in [3.8, 4) is 0 Å². The number of aldehydes is 1. The third-order valence-corrected chi connectivity index (χ3v) is 14.1. The molecule has 0 unspecified atom stereocenters. The van der Waals surface area contributed by atoms with E-state index < -0.39 is 16.6 Å². The molecule has 0 aliphatic heterocycles. The quantitative estimate of drug-likeness (QED) is 0.487. The monoisotopic (exact) mass is 332 g/mol. The molecule has 0 bridgehead atoms. The molecular formula is C16H36O3Si2. The Bertz CT molecular complexity index is 338. The van der Waals surface area contributed by atoms with Gasteiger partial charge < -0.3 is 13.6 Å². The third-order valence-electron chi connectivity index (χ3n) is 5.08. The highest BCUT2D eigenvalue weighted by Crippen LogP contribution is 2.38. The molecule has 0 aromatic rings. The van der Waals surface area contributed by atoms with Gasteiger partial charge in [-0.3, -0.25) is 0 Å². The number of hydrogen-bond donors (Lipinski definition) is 0. The lowest BCUT2D eigenvalue weighted by Gasteiger charge is -2.39. The molecule has 0 aromatic carbocycles. The van der Waals surface area contributed by atoms with Gasteiger partial charge in [-0.05, 0) is 36.3 Å². The first-order valence-corrected chi connectivity index (χ1v) is 13.7. The van der Waals surface area contributed by atoms with Crippen molar-refractivity contribution in [2.75, 3.05) is 6.61 Å². The van der Waals surface area contributed by atoms with Crippen molar-refractivity contribution >= 4 is 22.9 Å². The minimum atomic E-state index is -1.90. The van der Waals surface area contributed by atoms with E-state index in [4.69, 9.17) is 8.85 Å². The molecule has 0 fully saturated rings. The van der Waals surface area contributed by atoms with Crippen LogP contribution in [0.15, 0.2) is 0 Å². The van der Waals surface area contributed by atoms with Gasteiger partial charge in [-0.15, -0.1) is 0 Å². The van der Waals surface area contributed by atoms with Crippen LogP contribution in [0.4, 0.5) is 0 Å². The van der Waals surface area contributed by atoms with Gasteiger partial charge in [0, 0.05) is 13.0 Å². The number of carbonyl (C=O) groups is 1. The summed E-state index contributed by atoms with van der Waals surface area (Å²) in [7, 11) is -3.64. The highest BCUT2D eigenvalue weighted by atomic mass is 28.4. The smallest absolute Gasteiger partial charge is 0.193 e. The molecule has 5 heteroatoms. The van der Waals surface area contributed by atoms with Crippen LogP contribution in [0.5, 0.6) is 0 Å². The van der Waals surface area contributed by atoms with Crippen molar-refractivity contribution in [2.45, 2.75) is 90.3 Å². The van der Waals surface area contributed by atoms with Gasteiger partial charge in [-0.2, -0.15) is 0 Å². The van der Waals surface area contributed by atoms with Crippen molar-refractivity contribution in [2.24, 2.45) is 0 Å². The summed E-state index contributed by atoms with van der Waals surface area (Å²) >= 11 is 0. The molecule has 3 nitrogen and oxygen atoms in total. The molecule has 0 amide bonds. The van der Waals surface area contributed by atoms with E-state index >= 15 is 0 Å². The molecule has 0 saturated heterocycles. The van der Waals surface area contributed by atoms with Gasteiger partial charge in [0.1, 0.15) is 12.4 Å². The Hall–Kier alpha value is 0.0238. The van der Waals surface area contributed by atoms with Crippen LogP contribution in [-0.4, -0.2) is 35.6 Å². The third kappa shape index (κ3) is 6.34. The molecule has 0 aliphatic carbocycles. The number of rotatable bonds is 7. The van der Waals surface area contributed by atoms with Crippen molar-refractivity contribution in [3.63, 3.8) is 0 Å². The molecule has 0 heterocycles. The average molecular weight is 333 g/mol. The Kier molecular flexibility index (Phi) is 7.07. The molecule has 0 rings (SSSR count). The minimum absolute atomic E-state index is 0.120. The highest BCUT2D eigenvalue weighted by molar-refractivity contribution is 6.74. The molecule has 1 atom stereocenters. The van der Waals surface area contributed by atoms with E-state index in [-0.39, 0.29) is 16.2 Å². The van der Waals surface area contributed by atoms with E-state index in [9.17, 15) is 4.79 Å². The number of hydrogen-bond acceptors (Lipinski definition) is 3. The largest absolute Gasteiger partial charge is 0.417 e. The van der Waals surface area contributed by atoms with Crippen LogP contribution >= 0.6 is 0 Å². The zero-order chi connectivity index (χ0) is 17.1. The standard InChI is InChI=1S/C16H36O3Si2/c1-15(2,3)20(7,8)18-12-11-14(13-17)19-21(9,10)16(4,5)6/h13-14H,11-12H2,1-10H3/t14-/m0/s1. The van der Waals surface area contributed by atoms with E-state index in [0.717, 1.165) is 6.29 Å². The second-order valence-electron chi connectivity index (χ2n) is 8.95. The number of carbonyl (C=O) groups excluding carboxylic acids is 1. The van der Waals surface area contributed by atoms with E-state index in [1.54, 1.807) is 0 Å². The second kappa shape index (κ2) is 7.07. The first-order valence-electron chi connectivity index (χ1n) is 7.91. The second-order valence-corrected chi connectivity index (χ2v) is 18.5. The van der Waals surface area contributed by atoms with E-state index in [2.05, 4.69) is 67.7 Å². The lowest BCUT2D eigenvalue weighted by molar-refractivity contribution is -0.114. The van der Waals surface area contributed by atoms with Crippen molar-refractivity contribution in [3.05, 3.63) is 0 Å². The van der Waals surface area contributed by atoms with Gasteiger partial charge in [-0.1, -0.05) is 41.5 Å². The molecular weight excluding hydrogens is 296 g/mol. The molecule has 126 valence electrons. The van der Waals surface area contributed by atoms with Crippen LogP contribution in [0.3, 0.4) is 0 Å². The topological polar surface area (TPSA) is 35.5 Å². The van der Waals surface area contributed by atoms with Crippen molar-refractivity contribution < 1.29 is 13.6 Å². The molecule has 21 heavy (non-hydrogen) atoms. The first-order chi connectivity index (χ1) is 9.14. The minimum Gasteiger partial charge on any atom is -0.417 e. The Labute approximate surface area is 134 Å². The van der Waals surface area contributed by atoms with Gasteiger partial charge in [-0.25, -0.2) is 0 Å². The zero-order valence-electron chi connectivity index (χ0n) is 15.8. The Morgan fingerprint density at radius 3 is 1.67 bits per heavy atom. The van der Waals surface area contributed by atoms with Crippen LogP contribution in [0.2, 0.25) is 36.3 Å². The van der Waals surface area contributed by atoms with Gasteiger partial charge in [0.2, 0.25) is 0 Å². The van der Waals surface area contributed by atoms with Crippen molar-refractivity contribution in [1.29, 1.82) is 0 Å². The predicted molar refractivity (Wildman–Crippen MR) is 95.9 cm³/mol. The summed E-state index contributed by atoms with van der Waals surface area (Å²) in [5.74, 6) is 0. The zero-order valence-corrected chi connectivity index (χ0v) is 17.8. The normalized spacial score (nSPS) is 15.9. The summed E-state index contributed by atoms with van der Waals surface area (Å²) in [6.07, 6.45) is 1.26. The summed E-state index contributed by atoms with van der Waals surface area (Å²) in [6.45, 7) is 22.7. The maximum absolute atomic E-state index is 11.3. The van der Waals surface area contributed by atoms with Crippen LogP contribution in [0.25, 0.3) is 0 Å². The van der Waals surface area contributed by atoms with Gasteiger partial charge >= 0.3 is 0 Å². The maximum atomic E-state index is 11.3. The summed E-state index contributed by atoms with van der Waals surface area (Å²) in [4.78, 5) is 11.3. The Morgan fingerprint density at radius 2 is 1.33 bits per heavy atom. The predicted octanol–water partition coefficient (Wildman–Crippen LogP) is 4.99.